The van der Waals surface area contributed by atoms with Crippen LogP contribution in [0.3, 0.4) is 0 Å². The summed E-state index contributed by atoms with van der Waals surface area (Å²) < 4.78 is 5.53. The Morgan fingerprint density at radius 1 is 1.15 bits per heavy atom. The zero-order valence-corrected chi connectivity index (χ0v) is 13.8. The van der Waals surface area contributed by atoms with E-state index in [1.807, 2.05) is 0 Å². The Kier molecular flexibility index (Phi) is 7.68. The average Bonchev–Trinajstić information content (AvgIpc) is 2.44. The summed E-state index contributed by atoms with van der Waals surface area (Å²) in [4.78, 5) is 0. The first-order valence-electron chi connectivity index (χ1n) is 8.02. The highest BCUT2D eigenvalue weighted by atomic mass is 16.5. The number of aryl methyl sites for hydroxylation is 1. The third-order valence-electron chi connectivity index (χ3n) is 3.88. The van der Waals surface area contributed by atoms with Gasteiger partial charge >= 0.3 is 0 Å². The van der Waals surface area contributed by atoms with E-state index in [1.165, 1.54) is 43.2 Å². The van der Waals surface area contributed by atoms with Crippen molar-refractivity contribution in [1.29, 1.82) is 0 Å². The largest absolute Gasteiger partial charge is 0.496 e. The molecule has 1 aromatic carbocycles. The van der Waals surface area contributed by atoms with Crippen LogP contribution in [0.2, 0.25) is 0 Å². The fourth-order valence-corrected chi connectivity index (χ4v) is 2.73. The van der Waals surface area contributed by atoms with E-state index in [9.17, 15) is 0 Å². The summed E-state index contributed by atoms with van der Waals surface area (Å²) in [5.41, 5.74) is 2.50. The van der Waals surface area contributed by atoms with E-state index in [4.69, 9.17) is 4.74 Å². The summed E-state index contributed by atoms with van der Waals surface area (Å²) in [6.07, 6.45) is 6.32. The van der Waals surface area contributed by atoms with E-state index in [0.717, 1.165) is 5.75 Å². The first-order valence-corrected chi connectivity index (χ1v) is 8.02. The Bertz CT molecular complexity index is 389. The van der Waals surface area contributed by atoms with Crippen molar-refractivity contribution in [2.24, 2.45) is 0 Å². The molecule has 2 unspecified atom stereocenters. The maximum absolute atomic E-state index is 5.53. The second-order valence-electron chi connectivity index (χ2n) is 5.76. The van der Waals surface area contributed by atoms with Crippen molar-refractivity contribution in [2.45, 2.75) is 71.9 Å². The van der Waals surface area contributed by atoms with Crippen LogP contribution < -0.4 is 10.1 Å². The lowest BCUT2D eigenvalue weighted by Crippen LogP contribution is -2.31. The van der Waals surface area contributed by atoms with Crippen molar-refractivity contribution in [3.05, 3.63) is 29.3 Å². The van der Waals surface area contributed by atoms with Crippen LogP contribution in [0.4, 0.5) is 0 Å². The molecule has 0 amide bonds. The number of benzene rings is 1. The third kappa shape index (κ3) is 5.16. The molecule has 20 heavy (non-hydrogen) atoms. The molecule has 0 aliphatic rings. The van der Waals surface area contributed by atoms with Crippen LogP contribution in [0.1, 0.15) is 70.0 Å². The SMILES string of the molecule is CCCCC(CCC)NC(C)c1ccc(C)cc1OC. The number of unbranched alkanes of at least 4 members (excludes halogenated alkanes) is 1. The van der Waals surface area contributed by atoms with Crippen molar-refractivity contribution in [3.8, 4) is 5.75 Å². The second-order valence-corrected chi connectivity index (χ2v) is 5.76. The normalized spacial score (nSPS) is 14.1. The van der Waals surface area contributed by atoms with E-state index in [2.05, 4.69) is 51.2 Å². The van der Waals surface area contributed by atoms with Gasteiger partial charge in [0.05, 0.1) is 7.11 Å². The van der Waals surface area contributed by atoms with Crippen LogP contribution >= 0.6 is 0 Å². The molecule has 0 aliphatic heterocycles. The van der Waals surface area contributed by atoms with Gasteiger partial charge in [0.25, 0.3) is 0 Å². The van der Waals surface area contributed by atoms with Gasteiger partial charge in [-0.2, -0.15) is 0 Å². The third-order valence-corrected chi connectivity index (χ3v) is 3.88. The van der Waals surface area contributed by atoms with Crippen LogP contribution in [0.15, 0.2) is 18.2 Å². The van der Waals surface area contributed by atoms with Gasteiger partial charge in [0.15, 0.2) is 0 Å². The topological polar surface area (TPSA) is 21.3 Å². The Morgan fingerprint density at radius 3 is 2.50 bits per heavy atom. The highest BCUT2D eigenvalue weighted by Gasteiger charge is 2.15. The molecule has 0 radical (unpaired) electrons. The van der Waals surface area contributed by atoms with Gasteiger partial charge in [0, 0.05) is 17.6 Å². The lowest BCUT2D eigenvalue weighted by atomic mass is 10.0. The minimum absolute atomic E-state index is 0.332. The van der Waals surface area contributed by atoms with Crippen LogP contribution in [0.5, 0.6) is 5.75 Å². The van der Waals surface area contributed by atoms with Gasteiger partial charge in [0.2, 0.25) is 0 Å². The van der Waals surface area contributed by atoms with Gasteiger partial charge in [-0.15, -0.1) is 0 Å². The van der Waals surface area contributed by atoms with Crippen LogP contribution in [-0.2, 0) is 0 Å². The number of methoxy groups -OCH3 is 1. The van der Waals surface area contributed by atoms with Gasteiger partial charge in [-0.1, -0.05) is 45.2 Å². The predicted molar refractivity (Wildman–Crippen MR) is 87.5 cm³/mol. The molecule has 2 atom stereocenters. The van der Waals surface area contributed by atoms with Gasteiger partial charge in [-0.05, 0) is 38.3 Å². The van der Waals surface area contributed by atoms with E-state index in [1.54, 1.807) is 7.11 Å². The summed E-state index contributed by atoms with van der Waals surface area (Å²) >= 11 is 0. The monoisotopic (exact) mass is 277 g/mol. The van der Waals surface area contributed by atoms with E-state index < -0.39 is 0 Å². The molecule has 0 aromatic heterocycles. The van der Waals surface area contributed by atoms with Crippen molar-refractivity contribution < 1.29 is 4.74 Å². The maximum Gasteiger partial charge on any atom is 0.123 e. The highest BCUT2D eigenvalue weighted by Crippen LogP contribution is 2.27. The van der Waals surface area contributed by atoms with E-state index in [0.29, 0.717) is 12.1 Å². The highest BCUT2D eigenvalue weighted by molar-refractivity contribution is 5.39. The summed E-state index contributed by atoms with van der Waals surface area (Å²) in [5, 5.41) is 3.78. The summed E-state index contributed by atoms with van der Waals surface area (Å²) in [5.74, 6) is 0.996. The quantitative estimate of drug-likeness (QED) is 0.685. The fraction of sp³-hybridized carbons (Fsp3) is 0.667. The Balaban J connectivity index is 2.74. The van der Waals surface area contributed by atoms with Crippen molar-refractivity contribution in [2.75, 3.05) is 7.11 Å². The second kappa shape index (κ2) is 9.02. The van der Waals surface area contributed by atoms with Crippen molar-refractivity contribution in [1.82, 2.24) is 5.32 Å². The molecule has 0 aliphatic carbocycles. The van der Waals surface area contributed by atoms with Crippen LogP contribution in [0, 0.1) is 6.92 Å². The zero-order valence-electron chi connectivity index (χ0n) is 13.8. The van der Waals surface area contributed by atoms with E-state index in [-0.39, 0.29) is 0 Å². The Labute approximate surface area is 124 Å². The lowest BCUT2D eigenvalue weighted by Gasteiger charge is -2.24. The molecule has 1 aromatic rings. The van der Waals surface area contributed by atoms with Gasteiger partial charge in [0.1, 0.15) is 5.75 Å². The molecule has 0 saturated carbocycles. The molecule has 0 saturated heterocycles. The summed E-state index contributed by atoms with van der Waals surface area (Å²) in [6.45, 7) is 8.86. The minimum atomic E-state index is 0.332. The first kappa shape index (κ1) is 17.0. The smallest absolute Gasteiger partial charge is 0.123 e. The molecule has 2 nitrogen and oxygen atoms in total. The van der Waals surface area contributed by atoms with Gasteiger partial charge in [-0.25, -0.2) is 0 Å². The molecule has 0 fully saturated rings. The zero-order chi connectivity index (χ0) is 15.0. The first-order chi connectivity index (χ1) is 9.62. The number of nitrogens with one attached hydrogen (secondary N) is 1. The molecule has 1 N–H and O–H groups in total. The molecule has 2 heteroatoms. The number of ether oxygens (including phenoxy) is 1. The summed E-state index contributed by atoms with van der Waals surface area (Å²) in [7, 11) is 1.76. The number of rotatable bonds is 9. The van der Waals surface area contributed by atoms with E-state index >= 15 is 0 Å². The van der Waals surface area contributed by atoms with Crippen LogP contribution in [0.25, 0.3) is 0 Å². The fourth-order valence-electron chi connectivity index (χ4n) is 2.73. The Hall–Kier alpha value is -1.02. The van der Waals surface area contributed by atoms with Gasteiger partial charge < -0.3 is 10.1 Å². The standard InChI is InChI=1S/C18H31NO/c1-6-8-10-16(9-7-2)19-15(4)17-12-11-14(3)13-18(17)20-5/h11-13,15-16,19H,6-10H2,1-5H3. The molecule has 114 valence electrons. The molecule has 1 rings (SSSR count). The molecular formula is C18H31NO. The minimum Gasteiger partial charge on any atom is -0.496 e. The average molecular weight is 277 g/mol. The van der Waals surface area contributed by atoms with Crippen molar-refractivity contribution >= 4 is 0 Å². The number of hydrogen-bond donors (Lipinski definition) is 1. The van der Waals surface area contributed by atoms with Crippen molar-refractivity contribution in [3.63, 3.8) is 0 Å². The number of hydrogen-bond acceptors (Lipinski definition) is 2. The molecule has 0 bridgehead atoms. The molecular weight excluding hydrogens is 246 g/mol. The van der Waals surface area contributed by atoms with Crippen LogP contribution in [-0.4, -0.2) is 13.2 Å². The molecule has 0 spiro atoms. The maximum atomic E-state index is 5.53. The predicted octanol–water partition coefficient (Wildman–Crippen LogP) is 5.01. The summed E-state index contributed by atoms with van der Waals surface area (Å²) in [6, 6.07) is 7.42. The Morgan fingerprint density at radius 2 is 1.90 bits per heavy atom. The van der Waals surface area contributed by atoms with Gasteiger partial charge in [-0.3, -0.25) is 0 Å². The molecule has 0 heterocycles. The lowest BCUT2D eigenvalue weighted by molar-refractivity contribution is 0.373.